The van der Waals surface area contributed by atoms with E-state index in [1.165, 1.54) is 6.07 Å². The Morgan fingerprint density at radius 3 is 2.41 bits per heavy atom. The number of nitrogens with two attached hydrogens (primary N) is 1. The summed E-state index contributed by atoms with van der Waals surface area (Å²) in [6, 6.07) is 1.59. The van der Waals surface area contributed by atoms with Crippen LogP contribution in [0.5, 0.6) is 0 Å². The molecule has 3 N–H and O–H groups in total. The van der Waals surface area contributed by atoms with Crippen molar-refractivity contribution in [2.24, 2.45) is 11.7 Å². The van der Waals surface area contributed by atoms with Gasteiger partial charge in [0.05, 0.1) is 0 Å². The Morgan fingerprint density at radius 2 is 1.76 bits per heavy atom. The molecule has 2 rings (SSSR count). The first-order valence-corrected chi connectivity index (χ1v) is 5.71. The topological polar surface area (TPSA) is 38.0 Å². The molecule has 0 unspecified atom stereocenters. The molecule has 1 aliphatic heterocycles. The number of hydrogen-bond donors (Lipinski definition) is 2. The average molecular weight is 244 g/mol. The van der Waals surface area contributed by atoms with Crippen molar-refractivity contribution in [3.05, 3.63) is 35.1 Å². The van der Waals surface area contributed by atoms with Crippen LogP contribution in [-0.4, -0.2) is 13.1 Å². The Hall–Kier alpha value is -1.07. The minimum atomic E-state index is -1.44. The zero-order valence-corrected chi connectivity index (χ0v) is 9.35. The molecular formula is C12H15F3N2. The summed E-state index contributed by atoms with van der Waals surface area (Å²) >= 11 is 0. The smallest absolute Gasteiger partial charge is 0.194 e. The molecule has 2 nitrogen and oxygen atoms in total. The summed E-state index contributed by atoms with van der Waals surface area (Å²) in [6.07, 6.45) is 1.64. The molecule has 0 bridgehead atoms. The fourth-order valence-corrected chi connectivity index (χ4v) is 2.26. The van der Waals surface area contributed by atoms with Gasteiger partial charge in [0, 0.05) is 11.6 Å². The monoisotopic (exact) mass is 244 g/mol. The number of nitrogens with one attached hydrogen (secondary N) is 1. The summed E-state index contributed by atoms with van der Waals surface area (Å²) < 4.78 is 39.5. The summed E-state index contributed by atoms with van der Waals surface area (Å²) in [5.74, 6) is -3.66. The second-order valence-corrected chi connectivity index (χ2v) is 4.38. The summed E-state index contributed by atoms with van der Waals surface area (Å²) in [5.41, 5.74) is 6.00. The molecule has 1 saturated heterocycles. The quantitative estimate of drug-likeness (QED) is 0.782. The number of halogens is 3. The Bertz CT molecular complexity index is 403. The van der Waals surface area contributed by atoms with Gasteiger partial charge in [-0.1, -0.05) is 6.07 Å². The van der Waals surface area contributed by atoms with Gasteiger partial charge in [-0.15, -0.1) is 0 Å². The standard InChI is InChI=1S/C12H15F3N2/c13-9-2-1-8(10(14)11(9)15)12(16)7-3-5-17-6-4-7/h1-2,7,12,17H,3-6,16H2/t12-/m1/s1. The maximum absolute atomic E-state index is 13.6. The van der Waals surface area contributed by atoms with Crippen LogP contribution in [0.25, 0.3) is 0 Å². The average Bonchev–Trinajstić information content (AvgIpc) is 2.36. The van der Waals surface area contributed by atoms with Gasteiger partial charge in [0.15, 0.2) is 17.5 Å². The predicted octanol–water partition coefficient (Wildman–Crippen LogP) is 2.10. The normalized spacial score (nSPS) is 19.3. The van der Waals surface area contributed by atoms with E-state index in [4.69, 9.17) is 5.73 Å². The largest absolute Gasteiger partial charge is 0.324 e. The Balaban J connectivity index is 2.24. The lowest BCUT2D eigenvalue weighted by Gasteiger charge is -2.28. The van der Waals surface area contributed by atoms with Crippen LogP contribution in [0.3, 0.4) is 0 Å². The van der Waals surface area contributed by atoms with Crippen LogP contribution >= 0.6 is 0 Å². The van der Waals surface area contributed by atoms with Crippen molar-refractivity contribution in [2.45, 2.75) is 18.9 Å². The van der Waals surface area contributed by atoms with Gasteiger partial charge >= 0.3 is 0 Å². The van der Waals surface area contributed by atoms with Crippen molar-refractivity contribution in [1.29, 1.82) is 0 Å². The molecule has 0 aromatic heterocycles. The Morgan fingerprint density at radius 1 is 1.12 bits per heavy atom. The molecule has 1 aromatic carbocycles. The fourth-order valence-electron chi connectivity index (χ4n) is 2.26. The highest BCUT2D eigenvalue weighted by Gasteiger charge is 2.26. The summed E-state index contributed by atoms with van der Waals surface area (Å²) in [5, 5.41) is 3.17. The third kappa shape index (κ3) is 2.45. The lowest BCUT2D eigenvalue weighted by Crippen LogP contribution is -2.34. The van der Waals surface area contributed by atoms with Crippen molar-refractivity contribution < 1.29 is 13.2 Å². The van der Waals surface area contributed by atoms with Crippen LogP contribution < -0.4 is 11.1 Å². The predicted molar refractivity (Wildman–Crippen MR) is 58.8 cm³/mol. The number of piperidine rings is 1. The van der Waals surface area contributed by atoms with Gasteiger partial charge < -0.3 is 11.1 Å². The molecule has 1 fully saturated rings. The Kier molecular flexibility index (Phi) is 3.69. The highest BCUT2D eigenvalue weighted by atomic mass is 19.2. The van der Waals surface area contributed by atoms with Gasteiger partial charge in [0.1, 0.15) is 0 Å². The lowest BCUT2D eigenvalue weighted by molar-refractivity contribution is 0.313. The third-order valence-corrected chi connectivity index (χ3v) is 3.32. The van der Waals surface area contributed by atoms with Gasteiger partial charge in [-0.05, 0) is 37.9 Å². The molecule has 1 atom stereocenters. The van der Waals surface area contributed by atoms with E-state index >= 15 is 0 Å². The van der Waals surface area contributed by atoms with Crippen LogP contribution in [0.1, 0.15) is 24.4 Å². The van der Waals surface area contributed by atoms with Crippen LogP contribution in [0.4, 0.5) is 13.2 Å². The van der Waals surface area contributed by atoms with E-state index in [-0.39, 0.29) is 11.5 Å². The first-order valence-electron chi connectivity index (χ1n) is 5.71. The fraction of sp³-hybridized carbons (Fsp3) is 0.500. The minimum Gasteiger partial charge on any atom is -0.324 e. The number of hydrogen-bond acceptors (Lipinski definition) is 2. The maximum Gasteiger partial charge on any atom is 0.194 e. The molecule has 0 amide bonds. The van der Waals surface area contributed by atoms with Crippen molar-refractivity contribution in [3.63, 3.8) is 0 Å². The van der Waals surface area contributed by atoms with Crippen molar-refractivity contribution in [1.82, 2.24) is 5.32 Å². The zero-order chi connectivity index (χ0) is 12.4. The molecule has 0 spiro atoms. The van der Waals surface area contributed by atoms with Crippen LogP contribution in [0.2, 0.25) is 0 Å². The SMILES string of the molecule is N[C@@H](c1ccc(F)c(F)c1F)C1CCNCC1. The zero-order valence-electron chi connectivity index (χ0n) is 9.35. The van der Waals surface area contributed by atoms with Gasteiger partial charge in [0.25, 0.3) is 0 Å². The highest BCUT2D eigenvalue weighted by molar-refractivity contribution is 5.24. The molecule has 1 heterocycles. The number of rotatable bonds is 2. The van der Waals surface area contributed by atoms with Gasteiger partial charge in [-0.2, -0.15) is 0 Å². The van der Waals surface area contributed by atoms with Crippen LogP contribution in [0, 0.1) is 23.4 Å². The molecular weight excluding hydrogens is 229 g/mol. The van der Waals surface area contributed by atoms with Crippen LogP contribution in [-0.2, 0) is 0 Å². The minimum absolute atomic E-state index is 0.0656. The van der Waals surface area contributed by atoms with E-state index in [0.29, 0.717) is 0 Å². The number of benzene rings is 1. The molecule has 17 heavy (non-hydrogen) atoms. The van der Waals surface area contributed by atoms with E-state index < -0.39 is 23.5 Å². The van der Waals surface area contributed by atoms with Gasteiger partial charge in [-0.25, -0.2) is 13.2 Å². The van der Waals surface area contributed by atoms with Crippen molar-refractivity contribution in [2.75, 3.05) is 13.1 Å². The molecule has 1 aliphatic rings. The third-order valence-electron chi connectivity index (χ3n) is 3.32. The lowest BCUT2D eigenvalue weighted by atomic mass is 9.86. The maximum atomic E-state index is 13.6. The molecule has 0 aliphatic carbocycles. The first kappa shape index (κ1) is 12.4. The van der Waals surface area contributed by atoms with Crippen LogP contribution in [0.15, 0.2) is 12.1 Å². The molecule has 0 saturated carbocycles. The first-order chi connectivity index (χ1) is 8.11. The van der Waals surface area contributed by atoms with E-state index in [1.807, 2.05) is 0 Å². The molecule has 94 valence electrons. The van der Waals surface area contributed by atoms with E-state index in [1.54, 1.807) is 0 Å². The van der Waals surface area contributed by atoms with Gasteiger partial charge in [0.2, 0.25) is 0 Å². The van der Waals surface area contributed by atoms with Crippen molar-refractivity contribution in [3.8, 4) is 0 Å². The van der Waals surface area contributed by atoms with E-state index in [9.17, 15) is 13.2 Å². The molecule has 1 aromatic rings. The second kappa shape index (κ2) is 5.06. The summed E-state index contributed by atoms with van der Waals surface area (Å²) in [7, 11) is 0. The molecule has 0 radical (unpaired) electrons. The molecule has 5 heteroatoms. The summed E-state index contributed by atoms with van der Waals surface area (Å²) in [6.45, 7) is 1.65. The van der Waals surface area contributed by atoms with Crippen molar-refractivity contribution >= 4 is 0 Å². The van der Waals surface area contributed by atoms with E-state index in [0.717, 1.165) is 32.0 Å². The summed E-state index contributed by atoms with van der Waals surface area (Å²) in [4.78, 5) is 0. The van der Waals surface area contributed by atoms with Gasteiger partial charge in [-0.3, -0.25) is 0 Å². The van der Waals surface area contributed by atoms with E-state index in [2.05, 4.69) is 5.32 Å². The highest BCUT2D eigenvalue weighted by Crippen LogP contribution is 2.29. The Labute approximate surface area is 98.0 Å². The second-order valence-electron chi connectivity index (χ2n) is 4.38.